The molecule has 118 valence electrons. The maximum absolute atomic E-state index is 12.0. The van der Waals surface area contributed by atoms with Gasteiger partial charge in [-0.05, 0) is 30.9 Å². The summed E-state index contributed by atoms with van der Waals surface area (Å²) < 4.78 is 4.98. The normalized spacial score (nSPS) is 17.9. The minimum Gasteiger partial charge on any atom is -0.452 e. The highest BCUT2D eigenvalue weighted by atomic mass is 16.6. The number of piperidine rings is 1. The second-order valence-electron chi connectivity index (χ2n) is 5.47. The van der Waals surface area contributed by atoms with Crippen LogP contribution in [0.1, 0.15) is 30.1 Å². The Hall–Kier alpha value is -2.44. The first-order valence-corrected chi connectivity index (χ1v) is 7.16. The highest BCUT2D eigenvalue weighted by Gasteiger charge is 2.22. The van der Waals surface area contributed by atoms with Crippen LogP contribution in [0.2, 0.25) is 0 Å². The molecule has 1 saturated heterocycles. The minimum atomic E-state index is -0.659. The Morgan fingerprint density at radius 3 is 2.64 bits per heavy atom. The second-order valence-corrected chi connectivity index (χ2v) is 5.47. The number of hydrogen-bond donors (Lipinski definition) is 0. The first-order chi connectivity index (χ1) is 10.5. The highest BCUT2D eigenvalue weighted by molar-refractivity contribution is 5.91. The maximum Gasteiger partial charge on any atom is 0.338 e. The maximum atomic E-state index is 12.0. The van der Waals surface area contributed by atoms with Crippen LogP contribution in [0.3, 0.4) is 0 Å². The van der Waals surface area contributed by atoms with E-state index in [2.05, 4.69) is 6.92 Å². The van der Waals surface area contributed by atoms with Crippen LogP contribution in [0.4, 0.5) is 5.69 Å². The van der Waals surface area contributed by atoms with Gasteiger partial charge in [-0.3, -0.25) is 14.9 Å². The van der Waals surface area contributed by atoms with Gasteiger partial charge in [-0.15, -0.1) is 0 Å². The summed E-state index contributed by atoms with van der Waals surface area (Å²) in [6.45, 7) is 3.16. The molecule has 0 bridgehead atoms. The van der Waals surface area contributed by atoms with Gasteiger partial charge in [0.1, 0.15) is 0 Å². The number of amides is 1. The third-order valence-electron chi connectivity index (χ3n) is 3.65. The van der Waals surface area contributed by atoms with E-state index in [-0.39, 0.29) is 23.8 Å². The van der Waals surface area contributed by atoms with Crippen LogP contribution in [0.5, 0.6) is 0 Å². The van der Waals surface area contributed by atoms with E-state index in [1.54, 1.807) is 4.90 Å². The van der Waals surface area contributed by atoms with Crippen LogP contribution in [0.15, 0.2) is 24.3 Å². The topological polar surface area (TPSA) is 89.8 Å². The van der Waals surface area contributed by atoms with Crippen molar-refractivity contribution in [2.45, 2.75) is 19.8 Å². The molecule has 1 aliphatic heterocycles. The van der Waals surface area contributed by atoms with Gasteiger partial charge < -0.3 is 9.64 Å². The van der Waals surface area contributed by atoms with Crippen LogP contribution in [0.25, 0.3) is 0 Å². The lowest BCUT2D eigenvalue weighted by atomic mass is 10.0. The van der Waals surface area contributed by atoms with Gasteiger partial charge in [-0.25, -0.2) is 4.79 Å². The molecule has 0 aromatic heterocycles. The van der Waals surface area contributed by atoms with Crippen LogP contribution >= 0.6 is 0 Å². The summed E-state index contributed by atoms with van der Waals surface area (Å²) in [6, 6.07) is 5.08. The van der Waals surface area contributed by atoms with E-state index < -0.39 is 10.9 Å². The van der Waals surface area contributed by atoms with E-state index in [0.29, 0.717) is 19.0 Å². The van der Waals surface area contributed by atoms with E-state index >= 15 is 0 Å². The number of nitro benzene ring substituents is 1. The number of esters is 1. The molecule has 22 heavy (non-hydrogen) atoms. The van der Waals surface area contributed by atoms with Gasteiger partial charge in [0.15, 0.2) is 6.61 Å². The van der Waals surface area contributed by atoms with Crippen molar-refractivity contribution in [3.05, 3.63) is 39.9 Å². The number of likely N-dealkylation sites (tertiary alicyclic amines) is 1. The van der Waals surface area contributed by atoms with Crippen molar-refractivity contribution in [3.8, 4) is 0 Å². The number of benzene rings is 1. The Bertz CT molecular complexity index is 570. The average molecular weight is 306 g/mol. The van der Waals surface area contributed by atoms with Crippen LogP contribution in [0, 0.1) is 16.0 Å². The molecule has 7 nitrogen and oxygen atoms in total. The van der Waals surface area contributed by atoms with Crippen molar-refractivity contribution in [1.82, 2.24) is 4.90 Å². The minimum absolute atomic E-state index is 0.102. The van der Waals surface area contributed by atoms with E-state index in [4.69, 9.17) is 4.74 Å². The number of nitro groups is 1. The molecule has 1 fully saturated rings. The second kappa shape index (κ2) is 7.02. The van der Waals surface area contributed by atoms with Crippen LogP contribution < -0.4 is 0 Å². The van der Waals surface area contributed by atoms with E-state index in [1.807, 2.05) is 0 Å². The fraction of sp³-hybridized carbons (Fsp3) is 0.467. The molecular formula is C15H18N2O5. The fourth-order valence-electron chi connectivity index (χ4n) is 2.44. The smallest absolute Gasteiger partial charge is 0.338 e. The molecule has 1 aromatic carbocycles. The number of non-ortho nitro benzene ring substituents is 1. The lowest BCUT2D eigenvalue weighted by Crippen LogP contribution is -2.41. The fourth-order valence-corrected chi connectivity index (χ4v) is 2.44. The molecule has 1 heterocycles. The summed E-state index contributed by atoms with van der Waals surface area (Å²) in [5.41, 5.74) is 0.0837. The Morgan fingerprint density at radius 2 is 2.05 bits per heavy atom. The van der Waals surface area contributed by atoms with Crippen molar-refractivity contribution in [3.63, 3.8) is 0 Å². The van der Waals surface area contributed by atoms with Crippen LogP contribution in [-0.2, 0) is 9.53 Å². The SMILES string of the molecule is C[C@H]1CCCN(C(=O)COC(=O)c2ccc([N+](=O)[O-])cc2)C1. The zero-order chi connectivity index (χ0) is 16.1. The van der Waals surface area contributed by atoms with Crippen molar-refractivity contribution in [2.24, 2.45) is 5.92 Å². The van der Waals surface area contributed by atoms with E-state index in [9.17, 15) is 19.7 Å². The van der Waals surface area contributed by atoms with Gasteiger partial charge in [0.05, 0.1) is 10.5 Å². The molecule has 7 heteroatoms. The number of carbonyl (C=O) groups is 2. The molecule has 0 unspecified atom stereocenters. The third-order valence-corrected chi connectivity index (χ3v) is 3.65. The molecular weight excluding hydrogens is 288 g/mol. The van der Waals surface area contributed by atoms with Crippen molar-refractivity contribution < 1.29 is 19.2 Å². The van der Waals surface area contributed by atoms with Crippen molar-refractivity contribution >= 4 is 17.6 Å². The molecule has 0 aliphatic carbocycles. The Labute approximate surface area is 128 Å². The molecule has 1 aromatic rings. The zero-order valence-electron chi connectivity index (χ0n) is 12.4. The molecule has 0 spiro atoms. The van der Waals surface area contributed by atoms with Crippen molar-refractivity contribution in [1.29, 1.82) is 0 Å². The predicted octanol–water partition coefficient (Wildman–Crippen LogP) is 2.01. The van der Waals surface area contributed by atoms with Crippen molar-refractivity contribution in [2.75, 3.05) is 19.7 Å². The number of hydrogen-bond acceptors (Lipinski definition) is 5. The molecule has 1 amide bonds. The number of ether oxygens (including phenoxy) is 1. The summed E-state index contributed by atoms with van der Waals surface area (Å²) in [6.07, 6.45) is 2.07. The summed E-state index contributed by atoms with van der Waals surface area (Å²) in [7, 11) is 0. The largest absolute Gasteiger partial charge is 0.452 e. The van der Waals surface area contributed by atoms with Gasteiger partial charge in [-0.1, -0.05) is 6.92 Å². The predicted molar refractivity (Wildman–Crippen MR) is 78.4 cm³/mol. The average Bonchev–Trinajstić information content (AvgIpc) is 2.52. The number of carbonyl (C=O) groups excluding carboxylic acids is 2. The Kier molecular flexibility index (Phi) is 5.08. The van der Waals surface area contributed by atoms with Gasteiger partial charge in [-0.2, -0.15) is 0 Å². The van der Waals surface area contributed by atoms with E-state index in [0.717, 1.165) is 12.8 Å². The lowest BCUT2D eigenvalue weighted by Gasteiger charge is -2.30. The van der Waals surface area contributed by atoms with Gasteiger partial charge in [0.25, 0.3) is 11.6 Å². The number of nitrogens with zero attached hydrogens (tertiary/aromatic N) is 2. The first kappa shape index (κ1) is 15.9. The summed E-state index contributed by atoms with van der Waals surface area (Å²) >= 11 is 0. The molecule has 1 aliphatic rings. The van der Waals surface area contributed by atoms with Gasteiger partial charge in [0, 0.05) is 25.2 Å². The molecule has 0 saturated carbocycles. The molecule has 0 N–H and O–H groups in total. The molecule has 1 atom stereocenters. The molecule has 0 radical (unpaired) electrons. The standard InChI is InChI=1S/C15H18N2O5/c1-11-3-2-8-16(9-11)14(18)10-22-15(19)12-4-6-13(7-5-12)17(20)21/h4-7,11H,2-3,8-10H2,1H3/t11-/m0/s1. The molecule has 2 rings (SSSR count). The third kappa shape index (κ3) is 4.03. The Morgan fingerprint density at radius 1 is 1.36 bits per heavy atom. The van der Waals surface area contributed by atoms with Gasteiger partial charge >= 0.3 is 5.97 Å². The monoisotopic (exact) mass is 306 g/mol. The zero-order valence-corrected chi connectivity index (χ0v) is 12.4. The quantitative estimate of drug-likeness (QED) is 0.482. The van der Waals surface area contributed by atoms with Crippen LogP contribution in [-0.4, -0.2) is 41.4 Å². The lowest BCUT2D eigenvalue weighted by molar-refractivity contribution is -0.384. The first-order valence-electron chi connectivity index (χ1n) is 7.16. The number of rotatable bonds is 4. The van der Waals surface area contributed by atoms with E-state index in [1.165, 1.54) is 24.3 Å². The highest BCUT2D eigenvalue weighted by Crippen LogP contribution is 2.16. The van der Waals surface area contributed by atoms with Gasteiger partial charge in [0.2, 0.25) is 0 Å². The summed E-state index contributed by atoms with van der Waals surface area (Å²) in [4.78, 5) is 35.5. The summed E-state index contributed by atoms with van der Waals surface area (Å²) in [5.74, 6) is -0.404. The Balaban J connectivity index is 1.86. The summed E-state index contributed by atoms with van der Waals surface area (Å²) in [5, 5.41) is 10.5.